The lowest BCUT2D eigenvalue weighted by molar-refractivity contribution is -0.121. The van der Waals surface area contributed by atoms with E-state index < -0.39 is 6.04 Å². The molecule has 1 aromatic rings. The van der Waals surface area contributed by atoms with Gasteiger partial charge < -0.3 is 11.1 Å². The van der Waals surface area contributed by atoms with E-state index in [2.05, 4.69) is 21.2 Å². The number of hydrogen-bond acceptors (Lipinski definition) is 2. The first-order chi connectivity index (χ1) is 7.02. The van der Waals surface area contributed by atoms with Crippen molar-refractivity contribution in [3.63, 3.8) is 0 Å². The molecule has 0 aliphatic rings. The number of carbonyl (C=O) groups excluding carboxylic acids is 1. The molecule has 1 rings (SSSR count). The highest BCUT2D eigenvalue weighted by Crippen LogP contribution is 2.15. The van der Waals surface area contributed by atoms with Crippen molar-refractivity contribution in [1.82, 2.24) is 5.32 Å². The lowest BCUT2D eigenvalue weighted by atomic mass is 10.1. The summed E-state index contributed by atoms with van der Waals surface area (Å²) in [5.74, 6) is -0.598. The van der Waals surface area contributed by atoms with Crippen LogP contribution in [0.3, 0.4) is 0 Å². The summed E-state index contributed by atoms with van der Waals surface area (Å²) in [5.41, 5.74) is 6.30. The molecular formula is C10H12BrFN2O. The van der Waals surface area contributed by atoms with Crippen LogP contribution in [0.25, 0.3) is 0 Å². The second-order valence-electron chi connectivity index (χ2n) is 3.20. The SMILES string of the molecule is CNC(=O)[C@@H](N)Cc1cc(F)cc(Br)c1. The Kier molecular flexibility index (Phi) is 4.23. The van der Waals surface area contributed by atoms with Gasteiger partial charge in [-0.3, -0.25) is 4.79 Å². The van der Waals surface area contributed by atoms with E-state index in [0.29, 0.717) is 16.5 Å². The largest absolute Gasteiger partial charge is 0.358 e. The van der Waals surface area contributed by atoms with Gasteiger partial charge in [-0.15, -0.1) is 0 Å². The van der Waals surface area contributed by atoms with Crippen molar-refractivity contribution >= 4 is 21.8 Å². The second kappa shape index (κ2) is 5.23. The van der Waals surface area contributed by atoms with Crippen LogP contribution in [0.2, 0.25) is 0 Å². The number of nitrogens with two attached hydrogens (primary N) is 1. The van der Waals surface area contributed by atoms with Crippen molar-refractivity contribution < 1.29 is 9.18 Å². The van der Waals surface area contributed by atoms with Crippen molar-refractivity contribution in [2.75, 3.05) is 7.05 Å². The maximum Gasteiger partial charge on any atom is 0.237 e. The molecule has 0 unspecified atom stereocenters. The van der Waals surface area contributed by atoms with Crippen LogP contribution in [0.1, 0.15) is 5.56 Å². The summed E-state index contributed by atoms with van der Waals surface area (Å²) in [6.45, 7) is 0. The smallest absolute Gasteiger partial charge is 0.237 e. The van der Waals surface area contributed by atoms with Crippen molar-refractivity contribution in [3.05, 3.63) is 34.1 Å². The maximum atomic E-state index is 13.0. The summed E-state index contributed by atoms with van der Waals surface area (Å²) in [7, 11) is 1.52. The van der Waals surface area contributed by atoms with Gasteiger partial charge in [-0.05, 0) is 30.2 Å². The summed E-state index contributed by atoms with van der Waals surface area (Å²) < 4.78 is 13.6. The van der Waals surface area contributed by atoms with Gasteiger partial charge in [0.05, 0.1) is 6.04 Å². The molecular weight excluding hydrogens is 263 g/mol. The molecule has 3 nitrogen and oxygen atoms in total. The van der Waals surface area contributed by atoms with Gasteiger partial charge >= 0.3 is 0 Å². The van der Waals surface area contributed by atoms with Crippen molar-refractivity contribution in [2.24, 2.45) is 5.73 Å². The molecule has 1 aromatic carbocycles. The molecule has 0 spiro atoms. The molecule has 1 amide bonds. The molecule has 0 aromatic heterocycles. The molecule has 0 radical (unpaired) electrons. The Morgan fingerprint density at radius 2 is 2.27 bits per heavy atom. The zero-order valence-electron chi connectivity index (χ0n) is 8.26. The standard InChI is InChI=1S/C10H12BrFN2O/c1-14-10(15)9(13)4-6-2-7(11)5-8(12)3-6/h2-3,5,9H,4,13H2,1H3,(H,14,15)/t9-/m0/s1. The average Bonchev–Trinajstić information content (AvgIpc) is 2.14. The zero-order chi connectivity index (χ0) is 11.4. The molecule has 3 N–H and O–H groups in total. The van der Waals surface area contributed by atoms with E-state index in [-0.39, 0.29) is 11.7 Å². The van der Waals surface area contributed by atoms with Crippen LogP contribution >= 0.6 is 15.9 Å². The molecule has 0 heterocycles. The van der Waals surface area contributed by atoms with Gasteiger partial charge in [0.1, 0.15) is 5.82 Å². The van der Waals surface area contributed by atoms with Crippen LogP contribution in [-0.4, -0.2) is 19.0 Å². The average molecular weight is 275 g/mol. The van der Waals surface area contributed by atoms with Gasteiger partial charge in [0.15, 0.2) is 0 Å². The molecule has 0 fully saturated rings. The molecule has 15 heavy (non-hydrogen) atoms. The highest BCUT2D eigenvalue weighted by atomic mass is 79.9. The molecule has 0 saturated heterocycles. The lowest BCUT2D eigenvalue weighted by Crippen LogP contribution is -2.40. The first-order valence-electron chi connectivity index (χ1n) is 4.45. The quantitative estimate of drug-likeness (QED) is 0.871. The van der Waals surface area contributed by atoms with Crippen LogP contribution < -0.4 is 11.1 Å². The number of rotatable bonds is 3. The minimum atomic E-state index is -0.649. The van der Waals surface area contributed by atoms with Crippen LogP contribution in [0.15, 0.2) is 22.7 Å². The number of hydrogen-bond donors (Lipinski definition) is 2. The fourth-order valence-electron chi connectivity index (χ4n) is 1.26. The summed E-state index contributed by atoms with van der Waals surface area (Å²) in [6.07, 6.45) is 0.316. The van der Waals surface area contributed by atoms with Crippen molar-refractivity contribution in [3.8, 4) is 0 Å². The van der Waals surface area contributed by atoms with E-state index in [1.54, 1.807) is 6.07 Å². The Morgan fingerprint density at radius 3 is 2.80 bits per heavy atom. The Labute approximate surface area is 96.0 Å². The highest BCUT2D eigenvalue weighted by Gasteiger charge is 2.12. The fraction of sp³-hybridized carbons (Fsp3) is 0.300. The number of halogens is 2. The minimum Gasteiger partial charge on any atom is -0.358 e. The summed E-state index contributed by atoms with van der Waals surface area (Å²) >= 11 is 3.18. The van der Waals surface area contributed by atoms with Gasteiger partial charge in [-0.1, -0.05) is 15.9 Å². The molecule has 0 aliphatic carbocycles. The third-order valence-corrected chi connectivity index (χ3v) is 2.42. The van der Waals surface area contributed by atoms with Crippen LogP contribution in [-0.2, 0) is 11.2 Å². The van der Waals surface area contributed by atoms with E-state index in [4.69, 9.17) is 5.73 Å². The number of carbonyl (C=O) groups is 1. The maximum absolute atomic E-state index is 13.0. The monoisotopic (exact) mass is 274 g/mol. The van der Waals surface area contributed by atoms with E-state index in [1.807, 2.05) is 0 Å². The topological polar surface area (TPSA) is 55.1 Å². The van der Waals surface area contributed by atoms with Gasteiger partial charge in [-0.2, -0.15) is 0 Å². The van der Waals surface area contributed by atoms with E-state index in [0.717, 1.165) is 0 Å². The first-order valence-corrected chi connectivity index (χ1v) is 5.24. The third-order valence-electron chi connectivity index (χ3n) is 1.96. The fourth-order valence-corrected chi connectivity index (χ4v) is 1.77. The molecule has 0 saturated carbocycles. The van der Waals surface area contributed by atoms with Gasteiger partial charge in [0.25, 0.3) is 0 Å². The van der Waals surface area contributed by atoms with Crippen LogP contribution in [0, 0.1) is 5.82 Å². The Hall–Kier alpha value is -0.940. The van der Waals surface area contributed by atoms with Crippen LogP contribution in [0.5, 0.6) is 0 Å². The Morgan fingerprint density at radius 1 is 1.60 bits per heavy atom. The summed E-state index contributed by atoms with van der Waals surface area (Å²) in [5, 5.41) is 2.44. The summed E-state index contributed by atoms with van der Waals surface area (Å²) in [4.78, 5) is 11.1. The highest BCUT2D eigenvalue weighted by molar-refractivity contribution is 9.10. The summed E-state index contributed by atoms with van der Waals surface area (Å²) in [6, 6.07) is 3.82. The van der Waals surface area contributed by atoms with Crippen molar-refractivity contribution in [2.45, 2.75) is 12.5 Å². The molecule has 1 atom stereocenters. The van der Waals surface area contributed by atoms with Crippen LogP contribution in [0.4, 0.5) is 4.39 Å². The Balaban J connectivity index is 2.76. The van der Waals surface area contributed by atoms with Crippen molar-refractivity contribution in [1.29, 1.82) is 0 Å². The van der Waals surface area contributed by atoms with E-state index in [1.165, 1.54) is 19.2 Å². The number of amides is 1. The van der Waals surface area contributed by atoms with Gasteiger partial charge in [-0.25, -0.2) is 4.39 Å². The van der Waals surface area contributed by atoms with Gasteiger partial charge in [0.2, 0.25) is 5.91 Å². The number of benzene rings is 1. The lowest BCUT2D eigenvalue weighted by Gasteiger charge is -2.10. The number of likely N-dealkylation sites (N-methyl/N-ethyl adjacent to an activating group) is 1. The van der Waals surface area contributed by atoms with Gasteiger partial charge in [0, 0.05) is 11.5 Å². The van der Waals surface area contributed by atoms with E-state index in [9.17, 15) is 9.18 Å². The third kappa shape index (κ3) is 3.60. The zero-order valence-corrected chi connectivity index (χ0v) is 9.84. The first kappa shape index (κ1) is 12.1. The molecule has 82 valence electrons. The second-order valence-corrected chi connectivity index (χ2v) is 4.12. The molecule has 5 heteroatoms. The number of nitrogens with one attached hydrogen (secondary N) is 1. The van der Waals surface area contributed by atoms with E-state index >= 15 is 0 Å². The predicted molar refractivity (Wildman–Crippen MR) is 59.8 cm³/mol. The molecule has 0 bridgehead atoms. The normalized spacial score (nSPS) is 12.3. The molecule has 0 aliphatic heterocycles. The predicted octanol–water partition coefficient (Wildman–Crippen LogP) is 1.20. The minimum absolute atomic E-state index is 0.254. The Bertz CT molecular complexity index is 350.